The standard InChI is InChI=1S/C34H32N2/c1-24-15-17-27(18-16-24)26(3)22-32-30(13-9-14-33(32)35)28-19-20-34-31(23-28)25(2)10-7-8-21-36(34)29-11-5-4-6-12-29/h4-17,19-23,27H,2,18,35H2,1,3H3/b10-7-,21-8-,26-22+. The highest BCUT2D eigenvalue weighted by atomic mass is 15.1. The minimum absolute atomic E-state index is 0.396. The van der Waals surface area contributed by atoms with Crippen LogP contribution in [-0.2, 0) is 0 Å². The lowest BCUT2D eigenvalue weighted by molar-refractivity contribution is 0.766. The molecule has 0 saturated carbocycles. The van der Waals surface area contributed by atoms with Gasteiger partial charge in [0.1, 0.15) is 0 Å². The molecule has 1 aliphatic carbocycles. The second-order valence-corrected chi connectivity index (χ2v) is 9.51. The van der Waals surface area contributed by atoms with Gasteiger partial charge in [-0.25, -0.2) is 0 Å². The van der Waals surface area contributed by atoms with Crippen LogP contribution in [0.25, 0.3) is 22.8 Å². The first-order valence-corrected chi connectivity index (χ1v) is 12.5. The Morgan fingerprint density at radius 3 is 2.58 bits per heavy atom. The van der Waals surface area contributed by atoms with Gasteiger partial charge >= 0.3 is 0 Å². The second kappa shape index (κ2) is 10.1. The quantitative estimate of drug-likeness (QED) is 0.387. The summed E-state index contributed by atoms with van der Waals surface area (Å²) in [6, 6.07) is 23.2. The zero-order chi connectivity index (χ0) is 25.1. The van der Waals surface area contributed by atoms with Crippen molar-refractivity contribution in [3.63, 3.8) is 0 Å². The maximum absolute atomic E-state index is 6.55. The molecule has 0 saturated heterocycles. The topological polar surface area (TPSA) is 29.3 Å². The Hall–Kier alpha value is -4.30. The zero-order valence-electron chi connectivity index (χ0n) is 21.0. The van der Waals surface area contributed by atoms with Gasteiger partial charge in [0.2, 0.25) is 0 Å². The van der Waals surface area contributed by atoms with Gasteiger partial charge in [-0.15, -0.1) is 0 Å². The van der Waals surface area contributed by atoms with Crippen molar-refractivity contribution in [3.05, 3.63) is 138 Å². The van der Waals surface area contributed by atoms with E-state index >= 15 is 0 Å². The van der Waals surface area contributed by atoms with Crippen molar-refractivity contribution in [1.29, 1.82) is 0 Å². The maximum Gasteiger partial charge on any atom is 0.0534 e. The Balaban J connectivity index is 1.60. The number of allylic oxidation sites excluding steroid dienone is 9. The smallest absolute Gasteiger partial charge is 0.0534 e. The van der Waals surface area contributed by atoms with E-state index in [9.17, 15) is 0 Å². The molecule has 0 radical (unpaired) electrons. The number of anilines is 3. The zero-order valence-corrected chi connectivity index (χ0v) is 21.0. The predicted octanol–water partition coefficient (Wildman–Crippen LogP) is 9.10. The van der Waals surface area contributed by atoms with Gasteiger partial charge in [0.05, 0.1) is 5.69 Å². The largest absolute Gasteiger partial charge is 0.398 e. The van der Waals surface area contributed by atoms with Crippen molar-refractivity contribution >= 4 is 28.7 Å². The van der Waals surface area contributed by atoms with Gasteiger partial charge in [0.15, 0.2) is 0 Å². The van der Waals surface area contributed by atoms with E-state index in [0.717, 1.165) is 51.3 Å². The molecule has 1 heterocycles. The molecule has 36 heavy (non-hydrogen) atoms. The summed E-state index contributed by atoms with van der Waals surface area (Å²) in [5.41, 5.74) is 17.6. The third-order valence-corrected chi connectivity index (χ3v) is 6.97. The average Bonchev–Trinajstić information content (AvgIpc) is 2.89. The summed E-state index contributed by atoms with van der Waals surface area (Å²) in [6.45, 7) is 8.73. The minimum Gasteiger partial charge on any atom is -0.398 e. The lowest BCUT2D eigenvalue weighted by Crippen LogP contribution is -2.11. The van der Waals surface area contributed by atoms with Crippen LogP contribution in [0.5, 0.6) is 0 Å². The number of hydrogen-bond donors (Lipinski definition) is 1. The van der Waals surface area contributed by atoms with Crippen LogP contribution in [0.4, 0.5) is 17.1 Å². The Morgan fingerprint density at radius 2 is 1.81 bits per heavy atom. The molecule has 3 aromatic rings. The molecule has 0 bridgehead atoms. The number of fused-ring (bicyclic) bond motifs is 1. The van der Waals surface area contributed by atoms with Crippen molar-refractivity contribution in [3.8, 4) is 11.1 Å². The lowest BCUT2D eigenvalue weighted by Gasteiger charge is -2.26. The molecule has 1 unspecified atom stereocenters. The normalized spacial score (nSPS) is 19.2. The molecule has 178 valence electrons. The third-order valence-electron chi connectivity index (χ3n) is 6.97. The van der Waals surface area contributed by atoms with Crippen molar-refractivity contribution in [2.75, 3.05) is 10.6 Å². The molecule has 1 atom stereocenters. The van der Waals surface area contributed by atoms with E-state index in [-0.39, 0.29) is 0 Å². The van der Waals surface area contributed by atoms with E-state index in [4.69, 9.17) is 5.73 Å². The predicted molar refractivity (Wildman–Crippen MR) is 157 cm³/mol. The third kappa shape index (κ3) is 4.76. The molecule has 0 fully saturated rings. The van der Waals surface area contributed by atoms with E-state index < -0.39 is 0 Å². The van der Waals surface area contributed by atoms with Gasteiger partial charge in [-0.3, -0.25) is 0 Å². The van der Waals surface area contributed by atoms with Gasteiger partial charge < -0.3 is 10.6 Å². The van der Waals surface area contributed by atoms with Crippen LogP contribution in [0.2, 0.25) is 0 Å². The Bertz CT molecular complexity index is 1450. The van der Waals surface area contributed by atoms with E-state index in [1.54, 1.807) is 0 Å². The first-order valence-electron chi connectivity index (χ1n) is 12.5. The number of rotatable bonds is 4. The first-order chi connectivity index (χ1) is 17.5. The number of benzene rings is 3. The van der Waals surface area contributed by atoms with Crippen molar-refractivity contribution in [2.45, 2.75) is 20.3 Å². The maximum atomic E-state index is 6.55. The number of nitrogens with zero attached hydrogens (tertiary/aromatic N) is 1. The van der Waals surface area contributed by atoms with Crippen LogP contribution in [0.3, 0.4) is 0 Å². The molecule has 2 N–H and O–H groups in total. The number of hydrogen-bond acceptors (Lipinski definition) is 2. The Morgan fingerprint density at radius 1 is 0.972 bits per heavy atom. The fourth-order valence-corrected chi connectivity index (χ4v) is 4.86. The molecule has 0 aromatic heterocycles. The minimum atomic E-state index is 0.396. The van der Waals surface area contributed by atoms with Crippen LogP contribution in [0, 0.1) is 5.92 Å². The van der Waals surface area contributed by atoms with Gasteiger partial charge in [-0.1, -0.05) is 90.6 Å². The van der Waals surface area contributed by atoms with Crippen molar-refractivity contribution in [1.82, 2.24) is 0 Å². The van der Waals surface area contributed by atoms with Gasteiger partial charge in [-0.2, -0.15) is 0 Å². The molecule has 2 aliphatic rings. The average molecular weight is 469 g/mol. The summed E-state index contributed by atoms with van der Waals surface area (Å²) < 4.78 is 0. The van der Waals surface area contributed by atoms with Crippen LogP contribution >= 0.6 is 0 Å². The monoisotopic (exact) mass is 468 g/mol. The van der Waals surface area contributed by atoms with Crippen molar-refractivity contribution in [2.24, 2.45) is 5.92 Å². The summed E-state index contributed by atoms with van der Waals surface area (Å²) in [5, 5.41) is 0. The summed E-state index contributed by atoms with van der Waals surface area (Å²) in [6.07, 6.45) is 18.4. The summed E-state index contributed by atoms with van der Waals surface area (Å²) in [5.74, 6) is 0.396. The fourth-order valence-electron chi connectivity index (χ4n) is 4.86. The van der Waals surface area contributed by atoms with Crippen molar-refractivity contribution < 1.29 is 0 Å². The van der Waals surface area contributed by atoms with Crippen LogP contribution in [0.15, 0.2) is 127 Å². The highest BCUT2D eigenvalue weighted by molar-refractivity contribution is 5.90. The SMILES string of the molecule is C=C1/C=C\C=C/N(c2ccccc2)c2ccc(-c3cccc(N)c3/C=C(\C)C3C=CC(C)=CC3)cc21. The first kappa shape index (κ1) is 23.4. The van der Waals surface area contributed by atoms with E-state index in [1.807, 2.05) is 24.3 Å². The number of para-hydroxylation sites is 1. The molecule has 3 aromatic carbocycles. The number of nitrogens with two attached hydrogens (primary N) is 1. The Labute approximate surface area is 214 Å². The molecular formula is C34H32N2. The molecule has 5 rings (SSSR count). The second-order valence-electron chi connectivity index (χ2n) is 9.51. The fraction of sp³-hybridized carbons (Fsp3) is 0.118. The summed E-state index contributed by atoms with van der Waals surface area (Å²) in [4.78, 5) is 2.21. The highest BCUT2D eigenvalue weighted by Gasteiger charge is 2.17. The molecule has 2 heteroatoms. The molecule has 2 nitrogen and oxygen atoms in total. The highest BCUT2D eigenvalue weighted by Crippen LogP contribution is 2.39. The van der Waals surface area contributed by atoms with E-state index in [1.165, 1.54) is 11.1 Å². The van der Waals surface area contributed by atoms with Crippen LogP contribution < -0.4 is 10.6 Å². The molecule has 0 spiro atoms. The van der Waals surface area contributed by atoms with Gasteiger partial charge in [0, 0.05) is 34.6 Å². The summed E-state index contributed by atoms with van der Waals surface area (Å²) in [7, 11) is 0. The van der Waals surface area contributed by atoms with Gasteiger partial charge in [0.25, 0.3) is 0 Å². The van der Waals surface area contributed by atoms with Gasteiger partial charge in [-0.05, 0) is 73.4 Å². The summed E-state index contributed by atoms with van der Waals surface area (Å²) >= 11 is 0. The van der Waals surface area contributed by atoms with E-state index in [0.29, 0.717) is 5.92 Å². The van der Waals surface area contributed by atoms with E-state index in [2.05, 4.69) is 117 Å². The molecular weight excluding hydrogens is 436 g/mol. The molecule has 0 amide bonds. The number of nitrogen functional groups attached to an aromatic ring is 1. The van der Waals surface area contributed by atoms with Crippen LogP contribution in [-0.4, -0.2) is 0 Å². The molecule has 1 aliphatic heterocycles. The lowest BCUT2D eigenvalue weighted by atomic mass is 9.88. The Kier molecular flexibility index (Phi) is 6.60. The van der Waals surface area contributed by atoms with Crippen LogP contribution in [0.1, 0.15) is 31.4 Å².